The summed E-state index contributed by atoms with van der Waals surface area (Å²) in [6.45, 7) is 6.05. The summed E-state index contributed by atoms with van der Waals surface area (Å²) in [7, 11) is 0. The molecule has 16 heavy (non-hydrogen) atoms. The van der Waals surface area contributed by atoms with Crippen molar-refractivity contribution in [3.63, 3.8) is 0 Å². The predicted octanol–water partition coefficient (Wildman–Crippen LogP) is 0.332. The molecule has 90 valence electrons. The van der Waals surface area contributed by atoms with Crippen molar-refractivity contribution in [2.24, 2.45) is 0 Å². The van der Waals surface area contributed by atoms with Gasteiger partial charge in [0.05, 0.1) is 17.6 Å². The Kier molecular flexibility index (Phi) is 6.45. The molecule has 0 spiro atoms. The van der Waals surface area contributed by atoms with E-state index in [1.165, 1.54) is 5.56 Å². The first-order valence-corrected chi connectivity index (χ1v) is 6.53. The standard InChI is InChI=1S/C12H19BrN2O/c1-10-3-4-12(11(13)9-10)16-8-2-6-15-7-5-14/h3-4,9,15H,2,5-8,14H2,1H3/p+2. The van der Waals surface area contributed by atoms with E-state index in [1.54, 1.807) is 0 Å². The number of hydrogen-bond acceptors (Lipinski definition) is 1. The van der Waals surface area contributed by atoms with Crippen LogP contribution in [0.15, 0.2) is 22.7 Å². The van der Waals surface area contributed by atoms with Crippen molar-refractivity contribution in [3.8, 4) is 5.75 Å². The lowest BCUT2D eigenvalue weighted by molar-refractivity contribution is -0.670. The van der Waals surface area contributed by atoms with E-state index in [0.717, 1.165) is 42.9 Å². The summed E-state index contributed by atoms with van der Waals surface area (Å²) in [5, 5.41) is 2.28. The summed E-state index contributed by atoms with van der Waals surface area (Å²) in [5.41, 5.74) is 5.04. The van der Waals surface area contributed by atoms with E-state index in [0.29, 0.717) is 0 Å². The van der Waals surface area contributed by atoms with Gasteiger partial charge in [0.25, 0.3) is 0 Å². The van der Waals surface area contributed by atoms with Gasteiger partial charge in [-0.15, -0.1) is 0 Å². The molecule has 0 saturated carbocycles. The molecule has 0 aliphatic heterocycles. The molecule has 0 fully saturated rings. The topological polar surface area (TPSA) is 53.5 Å². The van der Waals surface area contributed by atoms with Crippen LogP contribution in [0.1, 0.15) is 12.0 Å². The van der Waals surface area contributed by atoms with E-state index in [-0.39, 0.29) is 0 Å². The van der Waals surface area contributed by atoms with Gasteiger partial charge in [-0.1, -0.05) is 6.07 Å². The van der Waals surface area contributed by atoms with Gasteiger partial charge in [0.15, 0.2) is 0 Å². The lowest BCUT2D eigenvalue weighted by atomic mass is 10.2. The van der Waals surface area contributed by atoms with E-state index in [2.05, 4.69) is 46.0 Å². The summed E-state index contributed by atoms with van der Waals surface area (Å²) in [5.74, 6) is 0.933. The van der Waals surface area contributed by atoms with Crippen molar-refractivity contribution in [1.29, 1.82) is 0 Å². The third-order valence-corrected chi connectivity index (χ3v) is 2.93. The molecule has 0 unspecified atom stereocenters. The second kappa shape index (κ2) is 7.65. The molecule has 0 aromatic heterocycles. The van der Waals surface area contributed by atoms with Crippen LogP contribution in [0.2, 0.25) is 0 Å². The summed E-state index contributed by atoms with van der Waals surface area (Å²) in [4.78, 5) is 0. The molecule has 1 aromatic rings. The maximum atomic E-state index is 5.69. The van der Waals surface area contributed by atoms with Crippen molar-refractivity contribution in [2.45, 2.75) is 13.3 Å². The Morgan fingerprint density at radius 1 is 1.38 bits per heavy atom. The lowest BCUT2D eigenvalue weighted by Crippen LogP contribution is -2.88. The Morgan fingerprint density at radius 2 is 2.19 bits per heavy atom. The van der Waals surface area contributed by atoms with Gasteiger partial charge in [-0.3, -0.25) is 0 Å². The molecule has 0 aliphatic rings. The van der Waals surface area contributed by atoms with Crippen molar-refractivity contribution in [1.82, 2.24) is 0 Å². The zero-order chi connectivity index (χ0) is 11.8. The van der Waals surface area contributed by atoms with Crippen LogP contribution in [-0.2, 0) is 0 Å². The fourth-order valence-corrected chi connectivity index (χ4v) is 2.03. The van der Waals surface area contributed by atoms with Crippen molar-refractivity contribution in [2.75, 3.05) is 26.2 Å². The number of quaternary nitrogens is 2. The normalized spacial score (nSPS) is 10.4. The molecule has 0 saturated heterocycles. The number of hydrogen-bond donors (Lipinski definition) is 2. The quantitative estimate of drug-likeness (QED) is 0.698. The molecule has 4 heteroatoms. The highest BCUT2D eigenvalue weighted by molar-refractivity contribution is 9.10. The number of rotatable bonds is 7. The van der Waals surface area contributed by atoms with E-state index in [9.17, 15) is 0 Å². The smallest absolute Gasteiger partial charge is 0.133 e. The molecule has 1 aromatic carbocycles. The molecule has 5 N–H and O–H groups in total. The molecule has 0 amide bonds. The third-order valence-electron chi connectivity index (χ3n) is 2.31. The van der Waals surface area contributed by atoms with Gasteiger partial charge in [0.1, 0.15) is 18.8 Å². The van der Waals surface area contributed by atoms with Gasteiger partial charge in [0, 0.05) is 6.42 Å². The highest BCUT2D eigenvalue weighted by atomic mass is 79.9. The lowest BCUT2D eigenvalue weighted by Gasteiger charge is -2.08. The SMILES string of the molecule is Cc1ccc(OCCC[NH2+]CC[NH3+])c(Br)c1. The highest BCUT2D eigenvalue weighted by Crippen LogP contribution is 2.25. The first kappa shape index (κ1) is 13.5. The Hall–Kier alpha value is -0.580. The molecule has 0 atom stereocenters. The molecule has 0 aliphatic carbocycles. The molecule has 3 nitrogen and oxygen atoms in total. The Balaban J connectivity index is 2.21. The summed E-state index contributed by atoms with van der Waals surface area (Å²) >= 11 is 3.50. The third kappa shape index (κ3) is 4.96. The van der Waals surface area contributed by atoms with Gasteiger partial charge >= 0.3 is 0 Å². The van der Waals surface area contributed by atoms with E-state index < -0.39 is 0 Å². The van der Waals surface area contributed by atoms with Crippen LogP contribution in [0, 0.1) is 6.92 Å². The van der Waals surface area contributed by atoms with Gasteiger partial charge in [0.2, 0.25) is 0 Å². The molecule has 0 bridgehead atoms. The summed E-state index contributed by atoms with van der Waals surface area (Å²) < 4.78 is 6.73. The average molecular weight is 289 g/mol. The van der Waals surface area contributed by atoms with Crippen LogP contribution in [-0.4, -0.2) is 26.2 Å². The fraction of sp³-hybridized carbons (Fsp3) is 0.500. The molecule has 0 radical (unpaired) electrons. The average Bonchev–Trinajstić information content (AvgIpc) is 2.26. The van der Waals surface area contributed by atoms with E-state index in [1.807, 2.05) is 6.07 Å². The zero-order valence-electron chi connectivity index (χ0n) is 9.84. The molecular weight excluding hydrogens is 268 g/mol. The van der Waals surface area contributed by atoms with Crippen LogP contribution >= 0.6 is 15.9 Å². The maximum absolute atomic E-state index is 5.69. The van der Waals surface area contributed by atoms with E-state index in [4.69, 9.17) is 4.74 Å². The molecule has 1 rings (SSSR count). The van der Waals surface area contributed by atoms with E-state index >= 15 is 0 Å². The van der Waals surface area contributed by atoms with Gasteiger partial charge in [-0.05, 0) is 40.5 Å². The molecule has 0 heterocycles. The Labute approximate surface area is 105 Å². The summed E-state index contributed by atoms with van der Waals surface area (Å²) in [6, 6.07) is 6.15. The van der Waals surface area contributed by atoms with Crippen LogP contribution in [0.25, 0.3) is 0 Å². The van der Waals surface area contributed by atoms with Gasteiger partial charge in [-0.25, -0.2) is 0 Å². The Bertz CT molecular complexity index is 318. The van der Waals surface area contributed by atoms with Gasteiger partial charge < -0.3 is 15.8 Å². The Morgan fingerprint density at radius 3 is 2.88 bits per heavy atom. The highest BCUT2D eigenvalue weighted by Gasteiger charge is 2.00. The number of benzene rings is 1. The van der Waals surface area contributed by atoms with Crippen molar-refractivity contribution < 1.29 is 15.8 Å². The minimum atomic E-state index is 0.773. The minimum absolute atomic E-state index is 0.773. The maximum Gasteiger partial charge on any atom is 0.133 e. The van der Waals surface area contributed by atoms with Crippen molar-refractivity contribution in [3.05, 3.63) is 28.2 Å². The van der Waals surface area contributed by atoms with Crippen LogP contribution < -0.4 is 15.8 Å². The fourth-order valence-electron chi connectivity index (χ4n) is 1.42. The number of ether oxygens (including phenoxy) is 1. The zero-order valence-corrected chi connectivity index (χ0v) is 11.4. The largest absolute Gasteiger partial charge is 0.492 e. The molecular formula is C12H21BrN2O+2. The first-order valence-electron chi connectivity index (χ1n) is 5.74. The van der Waals surface area contributed by atoms with Crippen LogP contribution in [0.3, 0.4) is 0 Å². The monoisotopic (exact) mass is 288 g/mol. The van der Waals surface area contributed by atoms with Crippen LogP contribution in [0.4, 0.5) is 0 Å². The number of aryl methyl sites for hydroxylation is 1. The summed E-state index contributed by atoms with van der Waals surface area (Å²) in [6.07, 6.45) is 1.07. The van der Waals surface area contributed by atoms with Crippen LogP contribution in [0.5, 0.6) is 5.75 Å². The second-order valence-corrected chi connectivity index (χ2v) is 4.71. The van der Waals surface area contributed by atoms with Gasteiger partial charge in [-0.2, -0.15) is 0 Å². The number of nitrogens with two attached hydrogens (primary N) is 1. The first-order chi connectivity index (χ1) is 7.74. The number of halogens is 1. The second-order valence-electron chi connectivity index (χ2n) is 3.86. The minimum Gasteiger partial charge on any atom is -0.492 e. The predicted molar refractivity (Wildman–Crippen MR) is 68.4 cm³/mol. The van der Waals surface area contributed by atoms with Crippen molar-refractivity contribution >= 4 is 15.9 Å².